The van der Waals surface area contributed by atoms with Gasteiger partial charge in [0.25, 0.3) is 5.91 Å². The molecule has 20 heavy (non-hydrogen) atoms. The van der Waals surface area contributed by atoms with Crippen LogP contribution in [0.4, 0.5) is 4.39 Å². The molecule has 1 unspecified atom stereocenters. The van der Waals surface area contributed by atoms with E-state index in [9.17, 15) is 14.0 Å². The van der Waals surface area contributed by atoms with E-state index in [0.717, 1.165) is 11.1 Å². The molecule has 1 fully saturated rings. The lowest BCUT2D eigenvalue weighted by atomic mass is 10.1. The Morgan fingerprint density at radius 3 is 3.05 bits per heavy atom. The van der Waals surface area contributed by atoms with Crippen LogP contribution in [0.1, 0.15) is 22.5 Å². The van der Waals surface area contributed by atoms with Gasteiger partial charge in [-0.05, 0) is 31.0 Å². The maximum atomic E-state index is 13.6. The van der Waals surface area contributed by atoms with Gasteiger partial charge < -0.3 is 10.6 Å². The topological polar surface area (TPSA) is 58.2 Å². The van der Waals surface area contributed by atoms with E-state index in [1.165, 1.54) is 23.5 Å². The molecule has 1 atom stereocenters. The van der Waals surface area contributed by atoms with Gasteiger partial charge >= 0.3 is 0 Å². The summed E-state index contributed by atoms with van der Waals surface area (Å²) >= 11 is 1.23. The number of benzene rings is 1. The third kappa shape index (κ3) is 2.38. The minimum atomic E-state index is -0.494. The number of rotatable bonds is 2. The first-order chi connectivity index (χ1) is 9.65. The van der Waals surface area contributed by atoms with Gasteiger partial charge in [0, 0.05) is 16.6 Å². The smallest absolute Gasteiger partial charge is 0.262 e. The van der Waals surface area contributed by atoms with E-state index >= 15 is 0 Å². The molecule has 0 aliphatic carbocycles. The average molecular weight is 292 g/mol. The van der Waals surface area contributed by atoms with Crippen LogP contribution >= 0.6 is 11.3 Å². The van der Waals surface area contributed by atoms with Crippen molar-refractivity contribution in [1.82, 2.24) is 10.6 Å². The summed E-state index contributed by atoms with van der Waals surface area (Å²) in [7, 11) is 0. The molecule has 0 saturated carbocycles. The Morgan fingerprint density at radius 1 is 1.45 bits per heavy atom. The Balaban J connectivity index is 1.82. The molecule has 2 heterocycles. The summed E-state index contributed by atoms with van der Waals surface area (Å²) in [5.41, 5.74) is 0. The third-order valence-corrected chi connectivity index (χ3v) is 4.42. The molecule has 1 aromatic heterocycles. The third-order valence-electron chi connectivity index (χ3n) is 3.32. The first kappa shape index (κ1) is 13.1. The van der Waals surface area contributed by atoms with Gasteiger partial charge in [-0.1, -0.05) is 6.07 Å². The van der Waals surface area contributed by atoms with Gasteiger partial charge in [0.05, 0.1) is 4.88 Å². The molecule has 0 bridgehead atoms. The van der Waals surface area contributed by atoms with Gasteiger partial charge in [-0.2, -0.15) is 0 Å². The summed E-state index contributed by atoms with van der Waals surface area (Å²) in [6, 6.07) is 5.79. The first-order valence-corrected chi connectivity index (χ1v) is 7.23. The van der Waals surface area contributed by atoms with Gasteiger partial charge in [0.2, 0.25) is 5.91 Å². The molecule has 1 saturated heterocycles. The fourth-order valence-electron chi connectivity index (χ4n) is 2.28. The number of piperidine rings is 1. The van der Waals surface area contributed by atoms with E-state index in [0.29, 0.717) is 23.2 Å². The average Bonchev–Trinajstić information content (AvgIpc) is 2.87. The summed E-state index contributed by atoms with van der Waals surface area (Å²) in [4.78, 5) is 24.2. The monoisotopic (exact) mass is 292 g/mol. The number of halogens is 1. The summed E-state index contributed by atoms with van der Waals surface area (Å²) in [5.74, 6) is -0.822. The van der Waals surface area contributed by atoms with Crippen molar-refractivity contribution in [3.05, 3.63) is 35.0 Å². The van der Waals surface area contributed by atoms with Crippen molar-refractivity contribution >= 4 is 33.2 Å². The van der Waals surface area contributed by atoms with Crippen LogP contribution in [0.5, 0.6) is 0 Å². The van der Waals surface area contributed by atoms with Crippen LogP contribution in [0.25, 0.3) is 10.1 Å². The fourth-order valence-corrected chi connectivity index (χ4v) is 3.25. The Hall–Kier alpha value is -1.95. The SMILES string of the molecule is O=C(NC1CCCNC1=O)c1cc2c(F)cccc2s1. The van der Waals surface area contributed by atoms with Crippen LogP contribution < -0.4 is 10.6 Å². The molecule has 2 amide bonds. The molecular formula is C14H13FN2O2S. The molecular weight excluding hydrogens is 279 g/mol. The zero-order valence-electron chi connectivity index (χ0n) is 10.6. The van der Waals surface area contributed by atoms with Crippen molar-refractivity contribution in [2.75, 3.05) is 6.54 Å². The van der Waals surface area contributed by atoms with Crippen LogP contribution in [0.2, 0.25) is 0 Å². The Morgan fingerprint density at radius 2 is 2.30 bits per heavy atom. The van der Waals surface area contributed by atoms with Gasteiger partial charge in [-0.3, -0.25) is 9.59 Å². The van der Waals surface area contributed by atoms with Gasteiger partial charge in [-0.15, -0.1) is 11.3 Å². The number of fused-ring (bicyclic) bond motifs is 1. The lowest BCUT2D eigenvalue weighted by Gasteiger charge is -2.22. The molecule has 3 rings (SSSR count). The number of carbonyl (C=O) groups excluding carboxylic acids is 2. The van der Waals surface area contributed by atoms with Crippen molar-refractivity contribution in [3.8, 4) is 0 Å². The Labute approximate surface area is 119 Å². The fraction of sp³-hybridized carbons (Fsp3) is 0.286. The lowest BCUT2D eigenvalue weighted by molar-refractivity contribution is -0.124. The number of amides is 2. The van der Waals surface area contributed by atoms with Gasteiger partial charge in [-0.25, -0.2) is 4.39 Å². The second-order valence-electron chi connectivity index (χ2n) is 4.72. The van der Waals surface area contributed by atoms with Crippen molar-refractivity contribution in [2.24, 2.45) is 0 Å². The Bertz CT molecular complexity index is 683. The van der Waals surface area contributed by atoms with E-state index in [4.69, 9.17) is 0 Å². The zero-order chi connectivity index (χ0) is 14.1. The molecule has 104 valence electrons. The predicted octanol–water partition coefficient (Wildman–Crippen LogP) is 2.05. The van der Waals surface area contributed by atoms with Crippen molar-refractivity contribution in [2.45, 2.75) is 18.9 Å². The highest BCUT2D eigenvalue weighted by atomic mass is 32.1. The van der Waals surface area contributed by atoms with Crippen LogP contribution in [-0.4, -0.2) is 24.4 Å². The Kier molecular flexibility index (Phi) is 3.40. The minimum Gasteiger partial charge on any atom is -0.354 e. The van der Waals surface area contributed by atoms with E-state index < -0.39 is 6.04 Å². The van der Waals surface area contributed by atoms with Crippen LogP contribution in [0.3, 0.4) is 0 Å². The van der Waals surface area contributed by atoms with Crippen LogP contribution in [0.15, 0.2) is 24.3 Å². The quantitative estimate of drug-likeness (QED) is 0.890. The van der Waals surface area contributed by atoms with E-state index in [1.807, 2.05) is 0 Å². The van der Waals surface area contributed by atoms with E-state index in [1.54, 1.807) is 12.1 Å². The summed E-state index contributed by atoms with van der Waals surface area (Å²) < 4.78 is 14.3. The summed E-state index contributed by atoms with van der Waals surface area (Å²) in [6.07, 6.45) is 1.48. The van der Waals surface area contributed by atoms with Gasteiger partial charge in [0.1, 0.15) is 11.9 Å². The molecule has 2 aromatic rings. The normalized spacial score (nSPS) is 18.9. The highest BCUT2D eigenvalue weighted by Crippen LogP contribution is 2.27. The molecule has 6 heteroatoms. The first-order valence-electron chi connectivity index (χ1n) is 6.42. The van der Waals surface area contributed by atoms with Crippen molar-refractivity contribution < 1.29 is 14.0 Å². The molecule has 1 aliphatic heterocycles. The molecule has 1 aliphatic rings. The highest BCUT2D eigenvalue weighted by molar-refractivity contribution is 7.20. The number of nitrogens with one attached hydrogen (secondary N) is 2. The maximum Gasteiger partial charge on any atom is 0.262 e. The maximum absolute atomic E-state index is 13.6. The second kappa shape index (κ2) is 5.20. The molecule has 1 aromatic carbocycles. The predicted molar refractivity (Wildman–Crippen MR) is 75.3 cm³/mol. The number of hydrogen-bond donors (Lipinski definition) is 2. The molecule has 0 radical (unpaired) electrons. The van der Waals surface area contributed by atoms with Crippen molar-refractivity contribution in [3.63, 3.8) is 0 Å². The lowest BCUT2D eigenvalue weighted by Crippen LogP contribution is -2.50. The second-order valence-corrected chi connectivity index (χ2v) is 5.81. The minimum absolute atomic E-state index is 0.156. The highest BCUT2D eigenvalue weighted by Gasteiger charge is 2.24. The van der Waals surface area contributed by atoms with Crippen molar-refractivity contribution in [1.29, 1.82) is 0 Å². The van der Waals surface area contributed by atoms with E-state index in [2.05, 4.69) is 10.6 Å². The molecule has 2 N–H and O–H groups in total. The summed E-state index contributed by atoms with van der Waals surface area (Å²) in [5, 5.41) is 5.86. The van der Waals surface area contributed by atoms with E-state index in [-0.39, 0.29) is 17.6 Å². The number of hydrogen-bond acceptors (Lipinski definition) is 3. The standard InChI is InChI=1S/C14H13FN2O2S/c15-9-3-1-5-11-8(9)7-12(20-11)14(19)17-10-4-2-6-16-13(10)18/h1,3,5,7,10H,2,4,6H2,(H,16,18)(H,17,19). The summed E-state index contributed by atoms with van der Waals surface area (Å²) in [6.45, 7) is 0.652. The number of thiophene rings is 1. The molecule has 4 nitrogen and oxygen atoms in total. The largest absolute Gasteiger partial charge is 0.354 e. The molecule has 0 spiro atoms. The van der Waals surface area contributed by atoms with Crippen LogP contribution in [0, 0.1) is 5.82 Å². The van der Waals surface area contributed by atoms with Crippen LogP contribution in [-0.2, 0) is 4.79 Å². The number of carbonyl (C=O) groups is 2. The zero-order valence-corrected chi connectivity index (χ0v) is 11.4. The van der Waals surface area contributed by atoms with Gasteiger partial charge in [0.15, 0.2) is 0 Å².